The number of ketones is 1. The van der Waals surface area contributed by atoms with E-state index in [0.717, 1.165) is 0 Å². The van der Waals surface area contributed by atoms with Crippen LogP contribution in [0.1, 0.15) is 33.6 Å². The van der Waals surface area contributed by atoms with Crippen molar-refractivity contribution in [3.8, 4) is 0 Å². The predicted octanol–water partition coefficient (Wildman–Crippen LogP) is -0.703. The standard InChI is InChI=1S/C8H18N6O.C2H6/c1-5(15)6(14-8(11)12)3-2-4-13-7(9)10;1-2/h6H,2-4H2,1H3,(H4,9,10,13)(H4,11,12,14);1-2H3. The number of carbonyl (C=O) groups excluding carboxylic acids is 1. The van der Waals surface area contributed by atoms with Crippen molar-refractivity contribution in [2.24, 2.45) is 32.9 Å². The number of hydrogen-bond acceptors (Lipinski definition) is 3. The van der Waals surface area contributed by atoms with Crippen LogP contribution in [0.5, 0.6) is 0 Å². The molecule has 17 heavy (non-hydrogen) atoms. The van der Waals surface area contributed by atoms with Gasteiger partial charge in [0, 0.05) is 6.54 Å². The number of carbonyl (C=O) groups is 1. The second-order valence-electron chi connectivity index (χ2n) is 3.13. The van der Waals surface area contributed by atoms with Crippen LogP contribution in [-0.2, 0) is 4.79 Å². The molecule has 0 aliphatic rings. The monoisotopic (exact) mass is 244 g/mol. The summed E-state index contributed by atoms with van der Waals surface area (Å²) in [5, 5.41) is 0. The fourth-order valence-corrected chi connectivity index (χ4v) is 1.03. The Morgan fingerprint density at radius 2 is 1.65 bits per heavy atom. The summed E-state index contributed by atoms with van der Waals surface area (Å²) < 4.78 is 0. The van der Waals surface area contributed by atoms with Gasteiger partial charge in [-0.15, -0.1) is 0 Å². The zero-order chi connectivity index (χ0) is 13.8. The third-order valence-electron chi connectivity index (χ3n) is 1.70. The SMILES string of the molecule is CC.CC(=O)C(CCCN=C(N)N)N=C(N)N. The van der Waals surface area contributed by atoms with Gasteiger partial charge in [0.05, 0.1) is 0 Å². The Bertz CT molecular complexity index is 266. The maximum absolute atomic E-state index is 11.1. The molecule has 0 fully saturated rings. The number of rotatable bonds is 6. The van der Waals surface area contributed by atoms with E-state index in [9.17, 15) is 4.79 Å². The second kappa shape index (κ2) is 10.7. The quantitative estimate of drug-likeness (QED) is 0.277. The second-order valence-corrected chi connectivity index (χ2v) is 3.13. The molecule has 0 rings (SSSR count). The summed E-state index contributed by atoms with van der Waals surface area (Å²) in [5.74, 6) is -0.124. The molecule has 0 spiro atoms. The molecular weight excluding hydrogens is 220 g/mol. The first kappa shape index (κ1) is 17.6. The van der Waals surface area contributed by atoms with E-state index in [0.29, 0.717) is 19.4 Å². The van der Waals surface area contributed by atoms with Crippen LogP contribution in [0, 0.1) is 0 Å². The van der Waals surface area contributed by atoms with E-state index in [1.54, 1.807) is 0 Å². The van der Waals surface area contributed by atoms with Gasteiger partial charge in [-0.05, 0) is 19.8 Å². The van der Waals surface area contributed by atoms with Crippen molar-refractivity contribution in [1.29, 1.82) is 0 Å². The lowest BCUT2D eigenvalue weighted by atomic mass is 10.1. The molecule has 0 aliphatic heterocycles. The van der Waals surface area contributed by atoms with Gasteiger partial charge in [0.15, 0.2) is 17.7 Å². The average Bonchev–Trinajstić information content (AvgIpc) is 2.24. The normalized spacial score (nSPS) is 10.5. The van der Waals surface area contributed by atoms with Crippen LogP contribution in [0.2, 0.25) is 0 Å². The number of guanidine groups is 2. The van der Waals surface area contributed by atoms with E-state index < -0.39 is 6.04 Å². The number of Topliss-reactive ketones (excluding diaryl/α,β-unsaturated/α-hetero) is 1. The van der Waals surface area contributed by atoms with Crippen LogP contribution in [0.3, 0.4) is 0 Å². The van der Waals surface area contributed by atoms with Gasteiger partial charge in [0.1, 0.15) is 6.04 Å². The molecule has 7 heteroatoms. The first-order valence-electron chi connectivity index (χ1n) is 5.58. The van der Waals surface area contributed by atoms with Crippen LogP contribution >= 0.6 is 0 Å². The van der Waals surface area contributed by atoms with Gasteiger partial charge in [-0.3, -0.25) is 9.79 Å². The lowest BCUT2D eigenvalue weighted by Gasteiger charge is -2.07. The molecule has 0 amide bonds. The summed E-state index contributed by atoms with van der Waals surface area (Å²) in [4.78, 5) is 18.7. The van der Waals surface area contributed by atoms with Crippen LogP contribution < -0.4 is 22.9 Å². The third kappa shape index (κ3) is 12.1. The first-order valence-corrected chi connectivity index (χ1v) is 5.58. The van der Waals surface area contributed by atoms with Gasteiger partial charge in [0.2, 0.25) is 0 Å². The summed E-state index contributed by atoms with van der Waals surface area (Å²) in [6, 6.07) is -0.496. The van der Waals surface area contributed by atoms with E-state index in [2.05, 4.69) is 9.98 Å². The molecule has 0 aliphatic carbocycles. The number of aliphatic imine (C=N–C) groups is 2. The Hall–Kier alpha value is -1.79. The summed E-state index contributed by atoms with van der Waals surface area (Å²) in [6.45, 7) is 5.91. The van der Waals surface area contributed by atoms with Crippen LogP contribution in [0.15, 0.2) is 9.98 Å². The third-order valence-corrected chi connectivity index (χ3v) is 1.70. The smallest absolute Gasteiger partial charge is 0.186 e. The Kier molecular flexibility index (Phi) is 11.1. The molecular formula is C10H24N6O. The summed E-state index contributed by atoms with van der Waals surface area (Å²) in [6.07, 6.45) is 1.18. The molecule has 0 aromatic heterocycles. The van der Waals surface area contributed by atoms with Gasteiger partial charge in [0.25, 0.3) is 0 Å². The maximum atomic E-state index is 11.1. The Morgan fingerprint density at radius 3 is 2.00 bits per heavy atom. The minimum atomic E-state index is -0.496. The highest BCUT2D eigenvalue weighted by atomic mass is 16.1. The molecule has 0 saturated carbocycles. The highest BCUT2D eigenvalue weighted by molar-refractivity contribution is 5.85. The minimum absolute atomic E-state index is 0.0382. The van der Waals surface area contributed by atoms with Crippen molar-refractivity contribution >= 4 is 17.7 Å². The molecule has 0 radical (unpaired) electrons. The summed E-state index contributed by atoms with van der Waals surface area (Å²) in [7, 11) is 0. The fourth-order valence-electron chi connectivity index (χ4n) is 1.03. The van der Waals surface area contributed by atoms with Gasteiger partial charge in [-0.2, -0.15) is 0 Å². The molecule has 1 unspecified atom stereocenters. The zero-order valence-corrected chi connectivity index (χ0v) is 10.8. The van der Waals surface area contributed by atoms with Crippen molar-refractivity contribution in [2.45, 2.75) is 39.7 Å². The van der Waals surface area contributed by atoms with E-state index in [4.69, 9.17) is 22.9 Å². The van der Waals surface area contributed by atoms with Gasteiger partial charge >= 0.3 is 0 Å². The molecule has 100 valence electrons. The molecule has 0 aromatic rings. The Morgan fingerprint density at radius 1 is 1.12 bits per heavy atom. The maximum Gasteiger partial charge on any atom is 0.186 e. The zero-order valence-electron chi connectivity index (χ0n) is 10.8. The predicted molar refractivity (Wildman–Crippen MR) is 71.5 cm³/mol. The van der Waals surface area contributed by atoms with E-state index in [-0.39, 0.29) is 17.7 Å². The fraction of sp³-hybridized carbons (Fsp3) is 0.700. The van der Waals surface area contributed by atoms with E-state index in [1.165, 1.54) is 6.92 Å². The number of hydrogen-bond donors (Lipinski definition) is 4. The van der Waals surface area contributed by atoms with Gasteiger partial charge < -0.3 is 22.9 Å². The minimum Gasteiger partial charge on any atom is -0.370 e. The van der Waals surface area contributed by atoms with Crippen molar-refractivity contribution in [3.63, 3.8) is 0 Å². The Labute approximate surface area is 102 Å². The van der Waals surface area contributed by atoms with E-state index >= 15 is 0 Å². The first-order chi connectivity index (χ1) is 7.93. The average molecular weight is 244 g/mol. The molecule has 0 heterocycles. The van der Waals surface area contributed by atoms with Crippen molar-refractivity contribution < 1.29 is 4.79 Å². The van der Waals surface area contributed by atoms with Crippen LogP contribution in [-0.4, -0.2) is 30.3 Å². The van der Waals surface area contributed by atoms with Crippen LogP contribution in [0.25, 0.3) is 0 Å². The van der Waals surface area contributed by atoms with Gasteiger partial charge in [-0.25, -0.2) is 4.99 Å². The highest BCUT2D eigenvalue weighted by Crippen LogP contribution is 2.03. The molecule has 1 atom stereocenters. The topological polar surface area (TPSA) is 146 Å². The summed E-state index contributed by atoms with van der Waals surface area (Å²) in [5.41, 5.74) is 20.7. The Balaban J connectivity index is 0. The van der Waals surface area contributed by atoms with Crippen molar-refractivity contribution in [3.05, 3.63) is 0 Å². The molecule has 7 nitrogen and oxygen atoms in total. The summed E-state index contributed by atoms with van der Waals surface area (Å²) >= 11 is 0. The van der Waals surface area contributed by atoms with Crippen LogP contribution in [0.4, 0.5) is 0 Å². The highest BCUT2D eigenvalue weighted by Gasteiger charge is 2.11. The largest absolute Gasteiger partial charge is 0.370 e. The van der Waals surface area contributed by atoms with Crippen molar-refractivity contribution in [2.75, 3.05) is 6.54 Å². The lowest BCUT2D eigenvalue weighted by Crippen LogP contribution is -2.28. The lowest BCUT2D eigenvalue weighted by molar-refractivity contribution is -0.118. The van der Waals surface area contributed by atoms with Gasteiger partial charge in [-0.1, -0.05) is 13.8 Å². The number of nitrogens with zero attached hydrogens (tertiary/aromatic N) is 2. The van der Waals surface area contributed by atoms with Crippen molar-refractivity contribution in [1.82, 2.24) is 0 Å². The number of nitrogens with two attached hydrogens (primary N) is 4. The molecule has 0 bridgehead atoms. The molecule has 0 saturated heterocycles. The molecule has 0 aromatic carbocycles. The molecule has 8 N–H and O–H groups in total. The van der Waals surface area contributed by atoms with E-state index in [1.807, 2.05) is 13.8 Å².